The van der Waals surface area contributed by atoms with E-state index in [0.717, 1.165) is 19.3 Å². The molecule has 3 heteroatoms. The Morgan fingerprint density at radius 1 is 1.12 bits per heavy atom. The summed E-state index contributed by atoms with van der Waals surface area (Å²) in [6.45, 7) is 0. The zero-order valence-electron chi connectivity index (χ0n) is 9.84. The zero-order chi connectivity index (χ0) is 11.7. The summed E-state index contributed by atoms with van der Waals surface area (Å²) in [7, 11) is 0. The lowest BCUT2D eigenvalue weighted by atomic mass is 10.0. The van der Waals surface area contributed by atoms with Gasteiger partial charge in [0.1, 0.15) is 0 Å². The van der Waals surface area contributed by atoms with Gasteiger partial charge < -0.3 is 4.90 Å². The minimum Gasteiger partial charge on any atom is -0.327 e. The van der Waals surface area contributed by atoms with E-state index in [4.69, 9.17) is 0 Å². The molecule has 1 aromatic carbocycles. The molecule has 2 unspecified atom stereocenters. The smallest absolute Gasteiger partial charge is 0.223 e. The molecule has 0 N–H and O–H groups in total. The highest BCUT2D eigenvalue weighted by Gasteiger charge is 2.39. The molecule has 2 nitrogen and oxygen atoms in total. The van der Waals surface area contributed by atoms with Crippen molar-refractivity contribution in [2.45, 2.75) is 48.4 Å². The molecule has 2 aliphatic rings. The standard InChI is InChI=1S/C14H17NOS/c16-13-8-4-5-11-9-10-14(15(11)13)17-12-6-2-1-3-7-12/h1-3,6-7,11,14H,4-5,8-10H2. The van der Waals surface area contributed by atoms with E-state index in [0.29, 0.717) is 17.3 Å². The summed E-state index contributed by atoms with van der Waals surface area (Å²) < 4.78 is 0. The highest BCUT2D eigenvalue weighted by Crippen LogP contribution is 2.40. The molecule has 0 aromatic heterocycles. The fourth-order valence-corrected chi connectivity index (χ4v) is 4.17. The van der Waals surface area contributed by atoms with Crippen LogP contribution in [0.3, 0.4) is 0 Å². The molecule has 3 rings (SSSR count). The van der Waals surface area contributed by atoms with Crippen LogP contribution in [-0.4, -0.2) is 22.2 Å². The van der Waals surface area contributed by atoms with E-state index in [-0.39, 0.29) is 0 Å². The van der Waals surface area contributed by atoms with Crippen LogP contribution in [0.1, 0.15) is 32.1 Å². The Labute approximate surface area is 106 Å². The Morgan fingerprint density at radius 2 is 1.94 bits per heavy atom. The van der Waals surface area contributed by atoms with Gasteiger partial charge in [-0.05, 0) is 37.8 Å². The number of nitrogens with zero attached hydrogens (tertiary/aromatic N) is 1. The number of benzene rings is 1. The second-order valence-electron chi connectivity index (χ2n) is 4.81. The average molecular weight is 247 g/mol. The lowest BCUT2D eigenvalue weighted by Crippen LogP contribution is -2.42. The molecule has 2 atom stereocenters. The second-order valence-corrected chi connectivity index (χ2v) is 6.06. The molecule has 1 aromatic rings. The average Bonchev–Trinajstić information content (AvgIpc) is 2.75. The number of thioether (sulfide) groups is 1. The van der Waals surface area contributed by atoms with Gasteiger partial charge in [0.15, 0.2) is 0 Å². The van der Waals surface area contributed by atoms with E-state index in [1.807, 2.05) is 17.8 Å². The van der Waals surface area contributed by atoms with E-state index < -0.39 is 0 Å². The van der Waals surface area contributed by atoms with Crippen molar-refractivity contribution in [1.29, 1.82) is 0 Å². The number of hydrogen-bond acceptors (Lipinski definition) is 2. The Kier molecular flexibility index (Phi) is 3.10. The molecule has 0 spiro atoms. The number of fused-ring (bicyclic) bond motifs is 1. The van der Waals surface area contributed by atoms with E-state index >= 15 is 0 Å². The van der Waals surface area contributed by atoms with Crippen molar-refractivity contribution in [3.05, 3.63) is 30.3 Å². The Hall–Kier alpha value is -0.960. The van der Waals surface area contributed by atoms with Gasteiger partial charge in [-0.15, -0.1) is 11.8 Å². The van der Waals surface area contributed by atoms with Crippen LogP contribution in [0, 0.1) is 0 Å². The Bertz CT molecular complexity index is 406. The molecule has 2 fully saturated rings. The van der Waals surface area contributed by atoms with Crippen LogP contribution in [0.25, 0.3) is 0 Å². The predicted molar refractivity (Wildman–Crippen MR) is 69.8 cm³/mol. The number of hydrogen-bond donors (Lipinski definition) is 0. The van der Waals surface area contributed by atoms with Gasteiger partial charge in [0.05, 0.1) is 5.37 Å². The summed E-state index contributed by atoms with van der Waals surface area (Å²) >= 11 is 1.85. The number of carbonyl (C=O) groups excluding carboxylic acids is 1. The third kappa shape index (κ3) is 2.21. The molecule has 0 bridgehead atoms. The van der Waals surface area contributed by atoms with E-state index in [9.17, 15) is 4.79 Å². The Morgan fingerprint density at radius 3 is 2.76 bits per heavy atom. The van der Waals surface area contributed by atoms with E-state index in [2.05, 4.69) is 29.2 Å². The van der Waals surface area contributed by atoms with Crippen molar-refractivity contribution in [3.8, 4) is 0 Å². The summed E-state index contributed by atoms with van der Waals surface area (Å²) in [6.07, 6.45) is 5.38. The minimum absolute atomic E-state index is 0.368. The van der Waals surface area contributed by atoms with Crippen LogP contribution in [0.5, 0.6) is 0 Å². The molecule has 1 amide bonds. The summed E-state index contributed by atoms with van der Waals surface area (Å²) in [5.41, 5.74) is 0. The molecular weight excluding hydrogens is 230 g/mol. The molecule has 90 valence electrons. The van der Waals surface area contributed by atoms with E-state index in [1.165, 1.54) is 17.7 Å². The monoisotopic (exact) mass is 247 g/mol. The first-order valence-electron chi connectivity index (χ1n) is 6.37. The van der Waals surface area contributed by atoms with Gasteiger partial charge in [0.25, 0.3) is 0 Å². The highest BCUT2D eigenvalue weighted by molar-refractivity contribution is 7.99. The minimum atomic E-state index is 0.368. The van der Waals surface area contributed by atoms with Crippen molar-refractivity contribution in [2.24, 2.45) is 0 Å². The van der Waals surface area contributed by atoms with Crippen LogP contribution in [0.15, 0.2) is 35.2 Å². The normalized spacial score (nSPS) is 28.2. The maximum absolute atomic E-state index is 12.0. The van der Waals surface area contributed by atoms with Crippen LogP contribution in [0.2, 0.25) is 0 Å². The fourth-order valence-electron chi connectivity index (χ4n) is 2.89. The topological polar surface area (TPSA) is 20.3 Å². The molecule has 17 heavy (non-hydrogen) atoms. The fraction of sp³-hybridized carbons (Fsp3) is 0.500. The van der Waals surface area contributed by atoms with Crippen molar-refractivity contribution in [1.82, 2.24) is 4.90 Å². The lowest BCUT2D eigenvalue weighted by molar-refractivity contribution is -0.135. The molecule has 2 heterocycles. The summed E-state index contributed by atoms with van der Waals surface area (Å²) in [5, 5.41) is 0.371. The lowest BCUT2D eigenvalue weighted by Gasteiger charge is -2.33. The van der Waals surface area contributed by atoms with Crippen LogP contribution < -0.4 is 0 Å². The van der Waals surface area contributed by atoms with Gasteiger partial charge in [-0.3, -0.25) is 4.79 Å². The molecule has 0 radical (unpaired) electrons. The maximum Gasteiger partial charge on any atom is 0.223 e. The summed E-state index contributed by atoms with van der Waals surface area (Å²) in [4.78, 5) is 15.4. The van der Waals surface area contributed by atoms with Gasteiger partial charge in [0.2, 0.25) is 5.91 Å². The Balaban J connectivity index is 1.74. The number of carbonyl (C=O) groups is 1. The first kappa shape index (κ1) is 11.1. The van der Waals surface area contributed by atoms with Crippen LogP contribution in [-0.2, 0) is 4.79 Å². The molecule has 0 aliphatic carbocycles. The predicted octanol–water partition coefficient (Wildman–Crippen LogP) is 3.28. The first-order chi connectivity index (χ1) is 8.34. The largest absolute Gasteiger partial charge is 0.327 e. The summed E-state index contributed by atoms with van der Waals surface area (Å²) in [5.74, 6) is 0.368. The van der Waals surface area contributed by atoms with Crippen molar-refractivity contribution < 1.29 is 4.79 Å². The SMILES string of the molecule is O=C1CCCC2CCC(Sc3ccccc3)N12. The second kappa shape index (κ2) is 4.73. The van der Waals surface area contributed by atoms with Crippen molar-refractivity contribution >= 4 is 17.7 Å². The van der Waals surface area contributed by atoms with Crippen molar-refractivity contribution in [3.63, 3.8) is 0 Å². The number of amides is 1. The maximum atomic E-state index is 12.0. The molecule has 2 saturated heterocycles. The third-order valence-electron chi connectivity index (χ3n) is 3.68. The quantitative estimate of drug-likeness (QED) is 0.799. The number of rotatable bonds is 2. The van der Waals surface area contributed by atoms with Gasteiger partial charge >= 0.3 is 0 Å². The van der Waals surface area contributed by atoms with Crippen LogP contribution >= 0.6 is 11.8 Å². The molecular formula is C14H17NOS. The van der Waals surface area contributed by atoms with Gasteiger partial charge in [-0.2, -0.15) is 0 Å². The molecule has 2 aliphatic heterocycles. The highest BCUT2D eigenvalue weighted by atomic mass is 32.2. The zero-order valence-corrected chi connectivity index (χ0v) is 10.7. The van der Waals surface area contributed by atoms with Gasteiger partial charge in [0, 0.05) is 17.4 Å². The van der Waals surface area contributed by atoms with Crippen molar-refractivity contribution in [2.75, 3.05) is 0 Å². The molecule has 0 saturated carbocycles. The van der Waals surface area contributed by atoms with Gasteiger partial charge in [-0.25, -0.2) is 0 Å². The van der Waals surface area contributed by atoms with Crippen LogP contribution in [0.4, 0.5) is 0 Å². The van der Waals surface area contributed by atoms with Gasteiger partial charge in [-0.1, -0.05) is 18.2 Å². The summed E-state index contributed by atoms with van der Waals surface area (Å²) in [6, 6.07) is 10.9. The van der Waals surface area contributed by atoms with E-state index in [1.54, 1.807) is 0 Å². The first-order valence-corrected chi connectivity index (χ1v) is 7.25. The number of piperidine rings is 1. The third-order valence-corrected chi connectivity index (χ3v) is 4.96.